The van der Waals surface area contributed by atoms with Gasteiger partial charge in [-0.2, -0.15) is 4.98 Å². The van der Waals surface area contributed by atoms with Gasteiger partial charge in [-0.15, -0.1) is 0 Å². The first-order valence-electron chi connectivity index (χ1n) is 11.7. The fourth-order valence-corrected chi connectivity index (χ4v) is 4.70. The molecule has 1 saturated heterocycles. The van der Waals surface area contributed by atoms with E-state index in [9.17, 15) is 4.79 Å². The Balaban J connectivity index is 1.20. The van der Waals surface area contributed by atoms with Crippen LogP contribution in [0.4, 0.5) is 11.4 Å². The van der Waals surface area contributed by atoms with Crippen LogP contribution in [-0.4, -0.2) is 35.7 Å². The highest BCUT2D eigenvalue weighted by molar-refractivity contribution is 5.94. The van der Waals surface area contributed by atoms with Crippen LogP contribution in [0.15, 0.2) is 53.1 Å². The highest BCUT2D eigenvalue weighted by Gasteiger charge is 2.22. The Hall–Kier alpha value is -3.15. The van der Waals surface area contributed by atoms with E-state index >= 15 is 0 Å². The van der Waals surface area contributed by atoms with Crippen molar-refractivity contribution in [2.75, 3.05) is 29.4 Å². The van der Waals surface area contributed by atoms with Crippen LogP contribution in [-0.2, 0) is 17.6 Å². The molecule has 0 atom stereocenters. The number of aryl methyl sites for hydroxylation is 2. The van der Waals surface area contributed by atoms with Crippen molar-refractivity contribution in [3.8, 4) is 11.4 Å². The lowest BCUT2D eigenvalue weighted by molar-refractivity contribution is -0.118. The van der Waals surface area contributed by atoms with Crippen LogP contribution in [0, 0.1) is 5.92 Å². The largest absolute Gasteiger partial charge is 0.372 e. The minimum Gasteiger partial charge on any atom is -0.372 e. The molecular weight excluding hydrogens is 400 g/mol. The van der Waals surface area contributed by atoms with Gasteiger partial charge in [0.05, 0.1) is 0 Å². The lowest BCUT2D eigenvalue weighted by Gasteiger charge is -2.32. The summed E-state index contributed by atoms with van der Waals surface area (Å²) >= 11 is 0. The number of benzene rings is 2. The van der Waals surface area contributed by atoms with Gasteiger partial charge in [0.15, 0.2) is 0 Å². The highest BCUT2D eigenvalue weighted by atomic mass is 16.5. The Kier molecular flexibility index (Phi) is 5.93. The van der Waals surface area contributed by atoms with Gasteiger partial charge in [0.1, 0.15) is 0 Å². The maximum absolute atomic E-state index is 12.9. The Labute approximate surface area is 189 Å². The van der Waals surface area contributed by atoms with Crippen LogP contribution in [0.3, 0.4) is 0 Å². The second-order valence-corrected chi connectivity index (χ2v) is 9.01. The molecule has 0 spiro atoms. The number of hydrogen-bond acceptors (Lipinski definition) is 5. The van der Waals surface area contributed by atoms with Crippen LogP contribution in [0.1, 0.15) is 44.1 Å². The van der Waals surface area contributed by atoms with E-state index in [1.807, 2.05) is 23.1 Å². The summed E-state index contributed by atoms with van der Waals surface area (Å²) in [6.45, 7) is 5.32. The van der Waals surface area contributed by atoms with Crippen LogP contribution in [0.25, 0.3) is 11.4 Å². The molecule has 1 amide bonds. The van der Waals surface area contributed by atoms with Gasteiger partial charge in [0.25, 0.3) is 0 Å². The van der Waals surface area contributed by atoms with Crippen LogP contribution in [0.2, 0.25) is 0 Å². The molecule has 6 nitrogen and oxygen atoms in total. The molecular formula is C26H30N4O2. The highest BCUT2D eigenvalue weighted by Crippen LogP contribution is 2.28. The van der Waals surface area contributed by atoms with E-state index in [2.05, 4.69) is 52.3 Å². The van der Waals surface area contributed by atoms with Crippen molar-refractivity contribution in [1.29, 1.82) is 0 Å². The fraction of sp³-hybridized carbons (Fsp3) is 0.423. The summed E-state index contributed by atoms with van der Waals surface area (Å²) < 4.78 is 5.44. The van der Waals surface area contributed by atoms with Crippen molar-refractivity contribution in [3.05, 3.63) is 60.0 Å². The maximum atomic E-state index is 12.9. The fourth-order valence-electron chi connectivity index (χ4n) is 4.70. The molecule has 2 aromatic carbocycles. The molecule has 3 heterocycles. The third-order valence-electron chi connectivity index (χ3n) is 6.71. The molecule has 3 aromatic rings. The summed E-state index contributed by atoms with van der Waals surface area (Å²) in [5.74, 6) is 2.01. The van der Waals surface area contributed by atoms with Crippen LogP contribution >= 0.6 is 0 Å². The van der Waals surface area contributed by atoms with Crippen LogP contribution < -0.4 is 9.80 Å². The summed E-state index contributed by atoms with van der Waals surface area (Å²) in [5, 5.41) is 4.14. The van der Waals surface area contributed by atoms with E-state index in [-0.39, 0.29) is 5.91 Å². The Morgan fingerprint density at radius 1 is 1.06 bits per heavy atom. The molecule has 2 aliphatic heterocycles. The van der Waals surface area contributed by atoms with Gasteiger partial charge in [-0.1, -0.05) is 30.3 Å². The zero-order valence-corrected chi connectivity index (χ0v) is 18.7. The topological polar surface area (TPSA) is 62.5 Å². The summed E-state index contributed by atoms with van der Waals surface area (Å²) in [7, 11) is 0. The Morgan fingerprint density at radius 3 is 2.66 bits per heavy atom. The number of fused-ring (bicyclic) bond motifs is 1. The maximum Gasteiger partial charge on any atom is 0.227 e. The minimum absolute atomic E-state index is 0.108. The number of hydrogen-bond donors (Lipinski definition) is 0. The number of anilines is 2. The summed E-state index contributed by atoms with van der Waals surface area (Å²) in [6.07, 6.45) is 5.34. The molecule has 0 bridgehead atoms. The third-order valence-corrected chi connectivity index (χ3v) is 6.71. The van der Waals surface area contributed by atoms with E-state index in [4.69, 9.17) is 4.52 Å². The van der Waals surface area contributed by atoms with E-state index in [1.54, 1.807) is 0 Å². The molecule has 0 N–H and O–H groups in total. The molecule has 0 unspecified atom stereocenters. The Bertz CT molecular complexity index is 1070. The normalized spacial score (nSPS) is 16.8. The molecule has 5 rings (SSSR count). The van der Waals surface area contributed by atoms with Gasteiger partial charge in [0.2, 0.25) is 17.6 Å². The lowest BCUT2D eigenvalue weighted by Crippen LogP contribution is -2.35. The predicted octanol–water partition coefficient (Wildman–Crippen LogP) is 4.88. The van der Waals surface area contributed by atoms with Crippen molar-refractivity contribution in [2.45, 2.75) is 45.4 Å². The molecule has 6 heteroatoms. The monoisotopic (exact) mass is 430 g/mol. The average molecular weight is 431 g/mol. The van der Waals surface area contributed by atoms with Crippen molar-refractivity contribution >= 4 is 17.3 Å². The first kappa shape index (κ1) is 20.7. The smallest absolute Gasteiger partial charge is 0.227 e. The SMILES string of the molecule is CC1CCN(c2ccc(-c3noc(CCC(=O)N4CCCc5ccccc54)n3)cc2)CC1. The van der Waals surface area contributed by atoms with Crippen molar-refractivity contribution < 1.29 is 9.32 Å². The van der Waals surface area contributed by atoms with Crippen molar-refractivity contribution in [1.82, 2.24) is 10.1 Å². The first-order valence-corrected chi connectivity index (χ1v) is 11.7. The first-order chi connectivity index (χ1) is 15.7. The van der Waals surface area contributed by atoms with Gasteiger partial charge in [-0.3, -0.25) is 4.79 Å². The zero-order valence-electron chi connectivity index (χ0n) is 18.7. The average Bonchev–Trinajstić information content (AvgIpc) is 3.32. The van der Waals surface area contributed by atoms with E-state index in [0.717, 1.165) is 49.6 Å². The molecule has 0 radical (unpaired) electrons. The number of para-hydroxylation sites is 1. The molecule has 32 heavy (non-hydrogen) atoms. The number of carbonyl (C=O) groups is 1. The van der Waals surface area contributed by atoms with Gasteiger partial charge >= 0.3 is 0 Å². The number of carbonyl (C=O) groups excluding carboxylic acids is 1. The molecule has 1 aromatic heterocycles. The zero-order chi connectivity index (χ0) is 21.9. The summed E-state index contributed by atoms with van der Waals surface area (Å²) in [6, 6.07) is 16.5. The number of aromatic nitrogens is 2. The van der Waals surface area contributed by atoms with Gasteiger partial charge < -0.3 is 14.3 Å². The van der Waals surface area contributed by atoms with Crippen molar-refractivity contribution in [3.63, 3.8) is 0 Å². The number of rotatable bonds is 5. The second-order valence-electron chi connectivity index (χ2n) is 9.01. The second kappa shape index (κ2) is 9.15. The molecule has 2 aliphatic rings. The molecule has 0 saturated carbocycles. The van der Waals surface area contributed by atoms with E-state index in [0.29, 0.717) is 24.6 Å². The van der Waals surface area contributed by atoms with E-state index < -0.39 is 0 Å². The van der Waals surface area contributed by atoms with E-state index in [1.165, 1.54) is 24.1 Å². The van der Waals surface area contributed by atoms with Gasteiger partial charge in [-0.25, -0.2) is 0 Å². The number of amides is 1. The third kappa shape index (κ3) is 4.40. The summed E-state index contributed by atoms with van der Waals surface area (Å²) in [4.78, 5) is 21.7. The molecule has 0 aliphatic carbocycles. The van der Waals surface area contributed by atoms with Gasteiger partial charge in [0, 0.05) is 49.4 Å². The Morgan fingerprint density at radius 2 is 1.84 bits per heavy atom. The minimum atomic E-state index is 0.108. The lowest BCUT2D eigenvalue weighted by atomic mass is 9.98. The van der Waals surface area contributed by atoms with Gasteiger partial charge in [-0.05, 0) is 67.5 Å². The molecule has 166 valence electrons. The number of nitrogens with zero attached hydrogens (tertiary/aromatic N) is 4. The quantitative estimate of drug-likeness (QED) is 0.577. The molecule has 1 fully saturated rings. The van der Waals surface area contributed by atoms with Crippen molar-refractivity contribution in [2.24, 2.45) is 5.92 Å². The van der Waals surface area contributed by atoms with Crippen LogP contribution in [0.5, 0.6) is 0 Å². The predicted molar refractivity (Wildman–Crippen MR) is 126 cm³/mol. The standard InChI is InChI=1S/C26H30N4O2/c1-19-14-17-29(18-15-19)22-10-8-21(9-11-22)26-27-24(32-28-26)12-13-25(31)30-16-4-6-20-5-2-3-7-23(20)30/h2-3,5,7-11,19H,4,6,12-18H2,1H3. The number of piperidine rings is 1. The summed E-state index contributed by atoms with van der Waals surface area (Å²) in [5.41, 5.74) is 4.47.